The number of nitrogens with one attached hydrogen (secondary N) is 1. The third-order valence-corrected chi connectivity index (χ3v) is 16.6. The van der Waals surface area contributed by atoms with Crippen molar-refractivity contribution in [1.29, 1.82) is 0 Å². The van der Waals surface area contributed by atoms with Gasteiger partial charge in [0.25, 0.3) is 5.91 Å². The van der Waals surface area contributed by atoms with E-state index in [1.165, 1.54) is 0 Å². The minimum absolute atomic E-state index is 0.0101. The van der Waals surface area contributed by atoms with E-state index < -0.39 is 77.8 Å². The van der Waals surface area contributed by atoms with Crippen LogP contribution in [-0.4, -0.2) is 128 Å². The van der Waals surface area contributed by atoms with Crippen molar-refractivity contribution in [3.05, 3.63) is 11.6 Å². The van der Waals surface area contributed by atoms with Gasteiger partial charge in [-0.05, 0) is 145 Å². The van der Waals surface area contributed by atoms with Gasteiger partial charge in [0, 0.05) is 31.0 Å². The molecule has 0 radical (unpaired) electrons. The second-order valence-corrected chi connectivity index (χ2v) is 20.5. The normalized spacial score (nSPS) is 46.2. The van der Waals surface area contributed by atoms with Gasteiger partial charge in [0.2, 0.25) is 0 Å². The molecule has 2 saturated heterocycles. The molecule has 3 saturated carbocycles. The quantitative estimate of drug-likeness (QED) is 0.147. The number of carbonyl (C=O) groups excluding carboxylic acids is 3. The van der Waals surface area contributed by atoms with Crippen LogP contribution < -0.4 is 5.32 Å². The number of aliphatic hydroxyl groups is 5. The predicted octanol–water partition coefficient (Wildman–Crippen LogP) is 4.58. The first-order valence-electron chi connectivity index (χ1n) is 23.6. The smallest absolute Gasteiger partial charge is 0.309 e. The maximum absolute atomic E-state index is 14.1. The first-order valence-corrected chi connectivity index (χ1v) is 23.6. The van der Waals surface area contributed by atoms with Crippen LogP contribution in [0.5, 0.6) is 0 Å². The molecule has 6 rings (SSSR count). The molecule has 6 aliphatic rings. The van der Waals surface area contributed by atoms with Gasteiger partial charge in [-0.25, -0.2) is 0 Å². The highest BCUT2D eigenvalue weighted by Crippen LogP contribution is 2.67. The van der Waals surface area contributed by atoms with E-state index in [-0.39, 0.29) is 47.5 Å². The first kappa shape index (κ1) is 47.5. The Labute approximate surface area is 358 Å². The Balaban J connectivity index is 1.11. The number of fused-ring (bicyclic) bond motifs is 5. The highest BCUT2D eigenvalue weighted by molar-refractivity contribution is 5.91. The van der Waals surface area contributed by atoms with Crippen LogP contribution in [0.25, 0.3) is 0 Å². The van der Waals surface area contributed by atoms with Gasteiger partial charge in [0.15, 0.2) is 12.1 Å². The number of rotatable bonds is 8. The van der Waals surface area contributed by atoms with Crippen molar-refractivity contribution in [3.63, 3.8) is 0 Å². The lowest BCUT2D eigenvalue weighted by Gasteiger charge is -2.60. The number of amides is 1. The van der Waals surface area contributed by atoms with Gasteiger partial charge in [0.05, 0.1) is 36.4 Å². The molecule has 4 aliphatic carbocycles. The maximum Gasteiger partial charge on any atom is 0.309 e. The molecule has 13 heteroatoms. The summed E-state index contributed by atoms with van der Waals surface area (Å²) in [6.07, 6.45) is 4.85. The second kappa shape index (κ2) is 19.4. The fourth-order valence-electron chi connectivity index (χ4n) is 12.9. The van der Waals surface area contributed by atoms with Crippen molar-refractivity contribution in [3.8, 4) is 0 Å². The van der Waals surface area contributed by atoms with E-state index in [1.807, 2.05) is 45.6 Å². The number of ketones is 1. The zero-order valence-corrected chi connectivity index (χ0v) is 37.5. The molecule has 60 heavy (non-hydrogen) atoms. The Kier molecular flexibility index (Phi) is 15.4. The van der Waals surface area contributed by atoms with Crippen molar-refractivity contribution in [1.82, 2.24) is 10.2 Å². The van der Waals surface area contributed by atoms with Crippen LogP contribution in [0.2, 0.25) is 0 Å². The summed E-state index contributed by atoms with van der Waals surface area (Å²) in [5, 5.41) is 61.7. The van der Waals surface area contributed by atoms with E-state index in [0.29, 0.717) is 70.9 Å². The van der Waals surface area contributed by atoms with Crippen LogP contribution in [0.15, 0.2) is 11.6 Å². The molecule has 2 aliphatic heterocycles. The second-order valence-electron chi connectivity index (χ2n) is 20.5. The molecule has 0 spiro atoms. The molecule has 0 aromatic carbocycles. The summed E-state index contributed by atoms with van der Waals surface area (Å²) in [5.41, 5.74) is -1.55. The van der Waals surface area contributed by atoms with Crippen LogP contribution in [0, 0.1) is 40.4 Å². The minimum Gasteiger partial charge on any atom is -0.459 e. The molecule has 13 nitrogen and oxygen atoms in total. The number of aliphatic hydroxyl groups excluding tert-OH is 4. The van der Waals surface area contributed by atoms with Crippen molar-refractivity contribution < 1.29 is 54.1 Å². The average molecular weight is 847 g/mol. The van der Waals surface area contributed by atoms with Crippen LogP contribution in [0.4, 0.5) is 0 Å². The largest absolute Gasteiger partial charge is 0.459 e. The summed E-state index contributed by atoms with van der Waals surface area (Å²) in [7, 11) is 0. The van der Waals surface area contributed by atoms with Gasteiger partial charge in [-0.2, -0.15) is 0 Å². The monoisotopic (exact) mass is 847 g/mol. The fourth-order valence-corrected chi connectivity index (χ4v) is 12.9. The molecule has 0 bridgehead atoms. The number of ether oxygens (including phenoxy) is 3. The summed E-state index contributed by atoms with van der Waals surface area (Å²) in [4.78, 5) is 41.8. The lowest BCUT2D eigenvalue weighted by Crippen LogP contribution is -2.63. The molecule has 2 heterocycles. The SMILES string of the molecule is CC[C@H]1OC(=O)[C@H](C)C[C@H](C)C(O[C@H]2CCC[C@@H](C)O2)[C@H](O)CCCN(CCCNC(=O)[C@@]2(O)CCC3C4CCC5=CC(=O)CC[C@]5(C)C4[C@@H](O)C[C@@]32C)[C@H](C)[C@@H](O)[C@@H]1O. The first-order chi connectivity index (χ1) is 28.3. The number of nitrogens with zero attached hydrogens (tertiary/aromatic N) is 1. The summed E-state index contributed by atoms with van der Waals surface area (Å²) < 4.78 is 18.4. The standard InChI is InChI=1S/C47H78N2O11/c1-8-37-41(54)40(53)30(5)49(22-10-13-35(51)42(27(2)24-28(3)43(55)59-37)60-38-14-9-12-29(4)58-38)23-11-21-48-44(56)47(57)20-18-34-33-16-15-31-25-32(50)17-19-45(31,6)39(33)36(52)26-46(34,47)7/h25,27-30,33-42,51-54,57H,8-24,26H2,1-7H3,(H,48,56)/t27-,28+,29+,30+,33?,34?,35+,36-,37+,38-,39?,40+,41+,42?,45-,46-,47-/m0/s1. The molecule has 6 N–H and O–H groups in total. The Bertz CT molecular complexity index is 1540. The molecule has 342 valence electrons. The molecule has 1 amide bonds. The number of cyclic esters (lactones) is 1. The van der Waals surface area contributed by atoms with Crippen LogP contribution in [-0.2, 0) is 28.6 Å². The highest BCUT2D eigenvalue weighted by atomic mass is 16.7. The number of carbonyl (C=O) groups is 3. The van der Waals surface area contributed by atoms with Crippen molar-refractivity contribution in [2.24, 2.45) is 40.4 Å². The Morgan fingerprint density at radius 1 is 0.950 bits per heavy atom. The molecule has 5 fully saturated rings. The fraction of sp³-hybridized carbons (Fsp3) is 0.894. The summed E-state index contributed by atoms with van der Waals surface area (Å²) in [6.45, 7) is 14.8. The molecule has 4 unspecified atom stereocenters. The van der Waals surface area contributed by atoms with Gasteiger partial charge < -0.3 is 45.1 Å². The maximum atomic E-state index is 14.1. The van der Waals surface area contributed by atoms with Gasteiger partial charge >= 0.3 is 5.97 Å². The van der Waals surface area contributed by atoms with E-state index in [4.69, 9.17) is 14.2 Å². The Morgan fingerprint density at radius 3 is 2.42 bits per heavy atom. The summed E-state index contributed by atoms with van der Waals surface area (Å²) in [5.74, 6) is -1.25. The molecule has 0 aromatic rings. The average Bonchev–Trinajstić information content (AvgIpc) is 3.48. The third-order valence-electron chi connectivity index (χ3n) is 16.6. The van der Waals surface area contributed by atoms with Crippen LogP contribution >= 0.6 is 0 Å². The predicted molar refractivity (Wildman–Crippen MR) is 225 cm³/mol. The van der Waals surface area contributed by atoms with E-state index in [2.05, 4.69) is 12.2 Å². The van der Waals surface area contributed by atoms with E-state index in [1.54, 1.807) is 6.92 Å². The zero-order chi connectivity index (χ0) is 43.7. The van der Waals surface area contributed by atoms with Crippen molar-refractivity contribution >= 4 is 17.7 Å². The van der Waals surface area contributed by atoms with E-state index in [0.717, 1.165) is 44.1 Å². The van der Waals surface area contributed by atoms with Gasteiger partial charge in [0.1, 0.15) is 17.8 Å². The molecule has 0 aromatic heterocycles. The minimum atomic E-state index is -1.64. The van der Waals surface area contributed by atoms with Crippen molar-refractivity contribution in [2.75, 3.05) is 19.6 Å². The topological polar surface area (TPSA) is 195 Å². The number of allylic oxidation sites excluding steroid dienone is 1. The highest BCUT2D eigenvalue weighted by Gasteiger charge is 2.68. The lowest BCUT2D eigenvalue weighted by molar-refractivity contribution is -0.236. The summed E-state index contributed by atoms with van der Waals surface area (Å²) in [6, 6.07) is -0.559. The van der Waals surface area contributed by atoms with E-state index >= 15 is 0 Å². The third kappa shape index (κ3) is 9.45. The molecular formula is C47H78N2O11. The van der Waals surface area contributed by atoms with Gasteiger partial charge in [-0.1, -0.05) is 40.2 Å². The Hall–Kier alpha value is -1.97. The lowest BCUT2D eigenvalue weighted by atomic mass is 9.45. The molecule has 17 atom stereocenters. The number of hydrogen-bond acceptors (Lipinski definition) is 12. The van der Waals surface area contributed by atoms with Gasteiger partial charge in [-0.15, -0.1) is 0 Å². The summed E-state index contributed by atoms with van der Waals surface area (Å²) >= 11 is 0. The van der Waals surface area contributed by atoms with Gasteiger partial charge in [-0.3, -0.25) is 19.3 Å². The van der Waals surface area contributed by atoms with Crippen LogP contribution in [0.1, 0.15) is 145 Å². The molecular weight excluding hydrogens is 769 g/mol. The number of hydrogen-bond donors (Lipinski definition) is 6. The Morgan fingerprint density at radius 2 is 1.70 bits per heavy atom. The van der Waals surface area contributed by atoms with E-state index in [9.17, 15) is 39.9 Å². The zero-order valence-electron chi connectivity index (χ0n) is 37.5. The number of esters is 1. The van der Waals surface area contributed by atoms with Crippen molar-refractivity contribution in [2.45, 2.75) is 205 Å². The van der Waals surface area contributed by atoms with Crippen LogP contribution in [0.3, 0.4) is 0 Å².